The number of carbonyl (C=O) groups is 1. The smallest absolute Gasteiger partial charge is 0.254 e. The topological polar surface area (TPSA) is 89.0 Å². The summed E-state index contributed by atoms with van der Waals surface area (Å²) < 4.78 is 51.7. The maximum absolute atomic E-state index is 13.2. The Labute approximate surface area is 204 Å². The molecule has 0 saturated carbocycles. The first-order valence-electron chi connectivity index (χ1n) is 11.2. The second-order valence-corrected chi connectivity index (χ2v) is 9.83. The van der Waals surface area contributed by atoms with Crippen LogP contribution in [0.25, 0.3) is 0 Å². The zero-order chi connectivity index (χ0) is 24.8. The molecule has 0 radical (unpaired) electrons. The molecule has 1 saturated heterocycles. The van der Waals surface area contributed by atoms with Crippen LogP contribution < -0.4 is 9.47 Å². The molecule has 35 heavy (non-hydrogen) atoms. The Kier molecular flexibility index (Phi) is 7.62. The van der Waals surface area contributed by atoms with Crippen LogP contribution in [0, 0.1) is 5.82 Å². The summed E-state index contributed by atoms with van der Waals surface area (Å²) >= 11 is 0. The molecule has 8 nitrogen and oxygen atoms in total. The third-order valence-electron chi connectivity index (χ3n) is 5.61. The number of piperazine rings is 1. The van der Waals surface area contributed by atoms with E-state index in [0.717, 1.165) is 17.7 Å². The number of carbonyl (C=O) groups excluding carboxylic acids is 1. The van der Waals surface area contributed by atoms with Crippen LogP contribution in [-0.4, -0.2) is 61.3 Å². The fraction of sp³-hybridized carbons (Fsp3) is 0.280. The number of hydrogen-bond acceptors (Lipinski definition) is 6. The van der Waals surface area contributed by atoms with Gasteiger partial charge in [0.05, 0.1) is 11.5 Å². The minimum absolute atomic E-state index is 0.0300. The first kappa shape index (κ1) is 24.6. The predicted molar refractivity (Wildman–Crippen MR) is 127 cm³/mol. The molecule has 1 aliphatic rings. The average molecular weight is 500 g/mol. The molecule has 2 aromatic carbocycles. The van der Waals surface area contributed by atoms with Gasteiger partial charge in [0, 0.05) is 44.1 Å². The van der Waals surface area contributed by atoms with Crippen molar-refractivity contribution in [3.8, 4) is 11.5 Å². The van der Waals surface area contributed by atoms with Gasteiger partial charge in [-0.2, -0.15) is 4.31 Å². The van der Waals surface area contributed by atoms with Crippen LogP contribution in [0.15, 0.2) is 71.9 Å². The van der Waals surface area contributed by atoms with E-state index in [2.05, 4.69) is 4.98 Å². The van der Waals surface area contributed by atoms with Crippen LogP contribution in [0.1, 0.15) is 22.8 Å². The van der Waals surface area contributed by atoms with Crippen LogP contribution in [-0.2, 0) is 16.6 Å². The molecule has 1 fully saturated rings. The van der Waals surface area contributed by atoms with Crippen molar-refractivity contribution in [2.24, 2.45) is 0 Å². The third-order valence-corrected chi connectivity index (χ3v) is 7.52. The molecule has 0 unspecified atom stereocenters. The first-order chi connectivity index (χ1) is 16.9. The third kappa shape index (κ3) is 5.77. The van der Waals surface area contributed by atoms with Gasteiger partial charge in [-0.15, -0.1) is 0 Å². The number of ether oxygens (including phenoxy) is 2. The van der Waals surface area contributed by atoms with E-state index in [1.165, 1.54) is 16.4 Å². The van der Waals surface area contributed by atoms with Gasteiger partial charge in [0.25, 0.3) is 5.91 Å². The van der Waals surface area contributed by atoms with E-state index >= 15 is 0 Å². The second kappa shape index (κ2) is 10.8. The van der Waals surface area contributed by atoms with Crippen molar-refractivity contribution in [1.29, 1.82) is 0 Å². The summed E-state index contributed by atoms with van der Waals surface area (Å²) in [7, 11) is -3.75. The molecule has 10 heteroatoms. The minimum Gasteiger partial charge on any atom is -0.490 e. The number of rotatable bonds is 8. The highest BCUT2D eigenvalue weighted by Crippen LogP contribution is 2.30. The number of benzene rings is 2. The summed E-state index contributed by atoms with van der Waals surface area (Å²) in [6.07, 6.45) is 3.38. The largest absolute Gasteiger partial charge is 0.490 e. The van der Waals surface area contributed by atoms with Crippen molar-refractivity contribution in [2.75, 3.05) is 32.8 Å². The summed E-state index contributed by atoms with van der Waals surface area (Å²) in [4.78, 5) is 18.8. The number of nitrogens with zero attached hydrogens (tertiary/aromatic N) is 3. The first-order valence-corrected chi connectivity index (χ1v) is 12.7. The van der Waals surface area contributed by atoms with E-state index in [9.17, 15) is 17.6 Å². The summed E-state index contributed by atoms with van der Waals surface area (Å²) in [5.74, 6) is 0.269. The van der Waals surface area contributed by atoms with Crippen molar-refractivity contribution in [3.05, 3.63) is 83.9 Å². The zero-order valence-electron chi connectivity index (χ0n) is 19.3. The molecule has 1 amide bonds. The van der Waals surface area contributed by atoms with E-state index in [4.69, 9.17) is 9.47 Å². The standard InChI is InChI=1S/C25H26FN3O5S/c1-2-33-24-17-20(3-8-23(24)34-18-19-9-11-27-12-10-19)25(30)28-13-15-29(16-14-28)35(31,32)22-6-4-21(26)5-7-22/h3-12,17H,2,13-16,18H2,1H3. The predicted octanol–water partition coefficient (Wildman–Crippen LogP) is 3.35. The van der Waals surface area contributed by atoms with Gasteiger partial charge in [0.1, 0.15) is 12.4 Å². The minimum atomic E-state index is -3.75. The molecule has 0 aliphatic carbocycles. The number of amides is 1. The Morgan fingerprint density at radius 2 is 1.63 bits per heavy atom. The van der Waals surface area contributed by atoms with Crippen LogP contribution in [0.3, 0.4) is 0 Å². The van der Waals surface area contributed by atoms with Gasteiger partial charge in [-0.3, -0.25) is 9.78 Å². The molecule has 1 aromatic heterocycles. The molecule has 4 rings (SSSR count). The van der Waals surface area contributed by atoms with Gasteiger partial charge >= 0.3 is 0 Å². The molecular weight excluding hydrogens is 473 g/mol. The van der Waals surface area contributed by atoms with E-state index < -0.39 is 15.8 Å². The van der Waals surface area contributed by atoms with Crippen molar-refractivity contribution in [1.82, 2.24) is 14.2 Å². The highest BCUT2D eigenvalue weighted by Gasteiger charge is 2.30. The monoisotopic (exact) mass is 499 g/mol. The van der Waals surface area contributed by atoms with Crippen molar-refractivity contribution in [2.45, 2.75) is 18.4 Å². The maximum atomic E-state index is 13.2. The van der Waals surface area contributed by atoms with Crippen molar-refractivity contribution in [3.63, 3.8) is 0 Å². The zero-order valence-corrected chi connectivity index (χ0v) is 20.1. The van der Waals surface area contributed by atoms with Gasteiger partial charge in [-0.25, -0.2) is 12.8 Å². The average Bonchev–Trinajstić information content (AvgIpc) is 2.88. The highest BCUT2D eigenvalue weighted by molar-refractivity contribution is 7.89. The normalized spacial score (nSPS) is 14.5. The van der Waals surface area contributed by atoms with Crippen LogP contribution in [0.5, 0.6) is 11.5 Å². The Morgan fingerprint density at radius 3 is 2.29 bits per heavy atom. The molecule has 3 aromatic rings. The van der Waals surface area contributed by atoms with E-state index in [1.54, 1.807) is 35.5 Å². The van der Waals surface area contributed by atoms with E-state index in [1.807, 2.05) is 19.1 Å². The lowest BCUT2D eigenvalue weighted by atomic mass is 10.1. The van der Waals surface area contributed by atoms with Crippen LogP contribution in [0.2, 0.25) is 0 Å². The number of hydrogen-bond donors (Lipinski definition) is 0. The van der Waals surface area contributed by atoms with E-state index in [-0.39, 0.29) is 37.0 Å². The van der Waals surface area contributed by atoms with Gasteiger partial charge < -0.3 is 14.4 Å². The van der Waals surface area contributed by atoms with Gasteiger partial charge in [-0.05, 0) is 67.1 Å². The Hall–Kier alpha value is -3.50. The number of pyridine rings is 1. The lowest BCUT2D eigenvalue weighted by molar-refractivity contribution is 0.0697. The molecule has 0 atom stereocenters. The Balaban J connectivity index is 1.42. The quantitative estimate of drug-likeness (QED) is 0.472. The van der Waals surface area contributed by atoms with Gasteiger partial charge in [0.15, 0.2) is 11.5 Å². The molecule has 1 aliphatic heterocycles. The highest BCUT2D eigenvalue weighted by atomic mass is 32.2. The van der Waals surface area contributed by atoms with E-state index in [0.29, 0.717) is 30.3 Å². The SMILES string of the molecule is CCOc1cc(C(=O)N2CCN(S(=O)(=O)c3ccc(F)cc3)CC2)ccc1OCc1ccncc1. The Morgan fingerprint density at radius 1 is 0.943 bits per heavy atom. The van der Waals surface area contributed by atoms with Crippen LogP contribution in [0.4, 0.5) is 4.39 Å². The second-order valence-electron chi connectivity index (χ2n) is 7.89. The van der Waals surface area contributed by atoms with Gasteiger partial charge in [0.2, 0.25) is 10.0 Å². The van der Waals surface area contributed by atoms with Gasteiger partial charge in [-0.1, -0.05) is 0 Å². The Bertz CT molecular complexity index is 1260. The molecule has 2 heterocycles. The summed E-state index contributed by atoms with van der Waals surface area (Å²) in [6, 6.07) is 13.5. The van der Waals surface area contributed by atoms with Crippen LogP contribution >= 0.6 is 0 Å². The maximum Gasteiger partial charge on any atom is 0.254 e. The summed E-state index contributed by atoms with van der Waals surface area (Å²) in [5, 5.41) is 0. The summed E-state index contributed by atoms with van der Waals surface area (Å²) in [5.41, 5.74) is 1.38. The molecular formula is C25H26FN3O5S. The summed E-state index contributed by atoms with van der Waals surface area (Å²) in [6.45, 7) is 3.37. The lowest BCUT2D eigenvalue weighted by Crippen LogP contribution is -2.50. The number of sulfonamides is 1. The fourth-order valence-corrected chi connectivity index (χ4v) is 5.16. The lowest BCUT2D eigenvalue weighted by Gasteiger charge is -2.34. The number of aromatic nitrogens is 1. The number of halogens is 1. The molecule has 0 spiro atoms. The fourth-order valence-electron chi connectivity index (χ4n) is 3.74. The van der Waals surface area contributed by atoms with Crippen molar-refractivity contribution < 1.29 is 27.1 Å². The molecule has 184 valence electrons. The van der Waals surface area contributed by atoms with Crippen molar-refractivity contribution >= 4 is 15.9 Å². The molecule has 0 bridgehead atoms. The molecule has 0 N–H and O–H groups in total.